The smallest absolute Gasteiger partial charge is 0.338 e. The Labute approximate surface area is 158 Å². The number of hydrogen-bond acceptors (Lipinski definition) is 5. The zero-order valence-electron chi connectivity index (χ0n) is 15.2. The average molecular weight is 363 g/mol. The molecule has 0 radical (unpaired) electrons. The minimum Gasteiger partial charge on any atom is -0.462 e. The van der Waals surface area contributed by atoms with E-state index < -0.39 is 11.9 Å². The minimum atomic E-state index is -0.533. The van der Waals surface area contributed by atoms with Crippen molar-refractivity contribution in [3.8, 4) is 6.07 Å². The average Bonchev–Trinajstić information content (AvgIpc) is 2.69. The maximum atomic E-state index is 12.3. The molecule has 0 aliphatic heterocycles. The van der Waals surface area contributed by atoms with Crippen LogP contribution in [0, 0.1) is 11.3 Å². The summed E-state index contributed by atoms with van der Waals surface area (Å²) in [5, 5.41) is 14.9. The van der Waals surface area contributed by atoms with Gasteiger partial charge >= 0.3 is 5.97 Å². The number of rotatable bonds is 7. The molecule has 0 aromatic heterocycles. The first-order chi connectivity index (χ1) is 13.0. The topological polar surface area (TPSA) is 91.2 Å². The van der Waals surface area contributed by atoms with Crippen LogP contribution in [0.15, 0.2) is 66.4 Å². The van der Waals surface area contributed by atoms with Gasteiger partial charge in [-0.3, -0.25) is 4.79 Å². The first-order valence-electron chi connectivity index (χ1n) is 8.55. The fraction of sp³-hybridized carbons (Fsp3) is 0.190. The van der Waals surface area contributed by atoms with E-state index in [9.17, 15) is 14.9 Å². The quantitative estimate of drug-likeness (QED) is 0.446. The number of nitriles is 1. The molecule has 1 unspecified atom stereocenters. The Kier molecular flexibility index (Phi) is 7.15. The molecule has 0 heterocycles. The monoisotopic (exact) mass is 363 g/mol. The van der Waals surface area contributed by atoms with E-state index in [0.717, 1.165) is 5.56 Å². The van der Waals surface area contributed by atoms with Crippen LogP contribution < -0.4 is 10.6 Å². The molecular formula is C21H21N3O3. The van der Waals surface area contributed by atoms with Gasteiger partial charge in [0.05, 0.1) is 12.2 Å². The van der Waals surface area contributed by atoms with E-state index in [2.05, 4.69) is 10.6 Å². The van der Waals surface area contributed by atoms with Crippen LogP contribution >= 0.6 is 0 Å². The molecule has 2 aromatic rings. The van der Waals surface area contributed by atoms with Crippen LogP contribution in [0.2, 0.25) is 0 Å². The summed E-state index contributed by atoms with van der Waals surface area (Å²) < 4.78 is 4.91. The van der Waals surface area contributed by atoms with Gasteiger partial charge in [-0.1, -0.05) is 30.3 Å². The lowest BCUT2D eigenvalue weighted by Crippen LogP contribution is -2.18. The fourth-order valence-electron chi connectivity index (χ4n) is 2.30. The van der Waals surface area contributed by atoms with E-state index in [1.54, 1.807) is 31.2 Å². The van der Waals surface area contributed by atoms with Crippen LogP contribution in [-0.2, 0) is 9.53 Å². The van der Waals surface area contributed by atoms with Crippen molar-refractivity contribution in [2.45, 2.75) is 19.9 Å². The van der Waals surface area contributed by atoms with Gasteiger partial charge in [0, 0.05) is 17.9 Å². The number of esters is 1. The van der Waals surface area contributed by atoms with Gasteiger partial charge in [-0.15, -0.1) is 0 Å². The third-order valence-electron chi connectivity index (χ3n) is 3.80. The van der Waals surface area contributed by atoms with Crippen molar-refractivity contribution in [1.82, 2.24) is 5.32 Å². The molecule has 2 N–H and O–H groups in total. The predicted molar refractivity (Wildman–Crippen MR) is 103 cm³/mol. The molecule has 0 fully saturated rings. The Morgan fingerprint density at radius 2 is 1.81 bits per heavy atom. The first-order valence-corrected chi connectivity index (χ1v) is 8.55. The Morgan fingerprint density at radius 1 is 1.15 bits per heavy atom. The summed E-state index contributed by atoms with van der Waals surface area (Å²) in [6.45, 7) is 3.96. The Bertz CT molecular complexity index is 852. The highest BCUT2D eigenvalue weighted by atomic mass is 16.5. The van der Waals surface area contributed by atoms with Crippen molar-refractivity contribution in [3.63, 3.8) is 0 Å². The van der Waals surface area contributed by atoms with Crippen molar-refractivity contribution in [3.05, 3.63) is 77.5 Å². The van der Waals surface area contributed by atoms with E-state index in [0.29, 0.717) is 17.9 Å². The molecule has 1 atom stereocenters. The van der Waals surface area contributed by atoms with Crippen molar-refractivity contribution in [2.24, 2.45) is 0 Å². The third kappa shape index (κ3) is 5.72. The molecule has 1 amide bonds. The summed E-state index contributed by atoms with van der Waals surface area (Å²) in [6, 6.07) is 17.8. The number of nitrogens with one attached hydrogen (secondary N) is 2. The summed E-state index contributed by atoms with van der Waals surface area (Å²) in [5.74, 6) is -0.957. The predicted octanol–water partition coefficient (Wildman–Crippen LogP) is 3.56. The lowest BCUT2D eigenvalue weighted by molar-refractivity contribution is -0.112. The van der Waals surface area contributed by atoms with E-state index in [4.69, 9.17) is 4.74 Å². The van der Waals surface area contributed by atoms with Crippen LogP contribution in [0.4, 0.5) is 5.69 Å². The molecule has 0 spiro atoms. The zero-order chi connectivity index (χ0) is 19.6. The lowest BCUT2D eigenvalue weighted by Gasteiger charge is -2.12. The van der Waals surface area contributed by atoms with Gasteiger partial charge in [-0.25, -0.2) is 4.79 Å². The number of nitrogens with zero attached hydrogens (tertiary/aromatic N) is 1. The van der Waals surface area contributed by atoms with Crippen molar-refractivity contribution in [1.29, 1.82) is 5.26 Å². The van der Waals surface area contributed by atoms with Gasteiger partial charge in [0.1, 0.15) is 11.6 Å². The third-order valence-corrected chi connectivity index (χ3v) is 3.80. The summed E-state index contributed by atoms with van der Waals surface area (Å²) in [4.78, 5) is 23.9. The largest absolute Gasteiger partial charge is 0.462 e. The fourth-order valence-corrected chi connectivity index (χ4v) is 2.30. The van der Waals surface area contributed by atoms with E-state index >= 15 is 0 Å². The molecule has 0 aliphatic carbocycles. The van der Waals surface area contributed by atoms with E-state index in [1.807, 2.05) is 43.3 Å². The number of amides is 1. The molecular weight excluding hydrogens is 342 g/mol. The van der Waals surface area contributed by atoms with Gasteiger partial charge in [-0.2, -0.15) is 5.26 Å². The normalized spacial score (nSPS) is 11.8. The van der Waals surface area contributed by atoms with Crippen LogP contribution in [0.25, 0.3) is 0 Å². The van der Waals surface area contributed by atoms with Crippen molar-refractivity contribution >= 4 is 17.6 Å². The van der Waals surface area contributed by atoms with Gasteiger partial charge in [0.15, 0.2) is 0 Å². The van der Waals surface area contributed by atoms with Crippen molar-refractivity contribution < 1.29 is 14.3 Å². The molecule has 6 heteroatoms. The highest BCUT2D eigenvalue weighted by Crippen LogP contribution is 2.13. The molecule has 6 nitrogen and oxygen atoms in total. The van der Waals surface area contributed by atoms with Crippen LogP contribution in [-0.4, -0.2) is 18.5 Å². The molecule has 0 saturated carbocycles. The molecule has 0 bridgehead atoms. The Balaban J connectivity index is 2.00. The number of anilines is 1. The first kappa shape index (κ1) is 19.7. The van der Waals surface area contributed by atoms with Gasteiger partial charge in [0.2, 0.25) is 0 Å². The molecule has 0 aliphatic rings. The Morgan fingerprint density at radius 3 is 2.41 bits per heavy atom. The van der Waals surface area contributed by atoms with Crippen molar-refractivity contribution in [2.75, 3.05) is 11.9 Å². The summed E-state index contributed by atoms with van der Waals surface area (Å²) >= 11 is 0. The highest BCUT2D eigenvalue weighted by molar-refractivity contribution is 6.06. The maximum absolute atomic E-state index is 12.3. The van der Waals surface area contributed by atoms with Gasteiger partial charge in [-0.05, 0) is 43.7 Å². The zero-order valence-corrected chi connectivity index (χ0v) is 15.2. The second-order valence-electron chi connectivity index (χ2n) is 5.72. The summed E-state index contributed by atoms with van der Waals surface area (Å²) in [6.07, 6.45) is 1.40. The molecule has 138 valence electrons. The highest BCUT2D eigenvalue weighted by Gasteiger charge is 2.11. The standard InChI is InChI=1S/C21H21N3O3/c1-3-27-21(26)17-9-11-19(12-10-17)24-20(25)18(13-22)14-23-15(2)16-7-5-4-6-8-16/h4-12,14-15,23H,3H2,1-2H3,(H,24,25)/b18-14-. The summed E-state index contributed by atoms with van der Waals surface area (Å²) in [5.41, 5.74) is 1.86. The molecule has 0 saturated heterocycles. The number of hydrogen-bond donors (Lipinski definition) is 2. The second kappa shape index (κ2) is 9.78. The number of benzene rings is 2. The Hall–Kier alpha value is -3.59. The SMILES string of the molecule is CCOC(=O)c1ccc(NC(=O)/C(C#N)=C\NC(C)c2ccccc2)cc1. The van der Waals surface area contributed by atoms with Crippen LogP contribution in [0.5, 0.6) is 0 Å². The van der Waals surface area contributed by atoms with E-state index in [-0.39, 0.29) is 11.6 Å². The molecule has 2 rings (SSSR count). The maximum Gasteiger partial charge on any atom is 0.338 e. The number of carbonyl (C=O) groups is 2. The number of ether oxygens (including phenoxy) is 1. The molecule has 27 heavy (non-hydrogen) atoms. The van der Waals surface area contributed by atoms with E-state index in [1.165, 1.54) is 6.20 Å². The lowest BCUT2D eigenvalue weighted by atomic mass is 10.1. The van der Waals surface area contributed by atoms with Gasteiger partial charge in [0.25, 0.3) is 5.91 Å². The minimum absolute atomic E-state index is 0.0488. The van der Waals surface area contributed by atoms with Crippen LogP contribution in [0.1, 0.15) is 35.8 Å². The number of carbonyl (C=O) groups excluding carboxylic acids is 2. The van der Waals surface area contributed by atoms with Crippen LogP contribution in [0.3, 0.4) is 0 Å². The summed E-state index contributed by atoms with van der Waals surface area (Å²) in [7, 11) is 0. The second-order valence-corrected chi connectivity index (χ2v) is 5.72. The van der Waals surface area contributed by atoms with Gasteiger partial charge < -0.3 is 15.4 Å². The molecule has 2 aromatic carbocycles.